The van der Waals surface area contributed by atoms with Crippen LogP contribution in [0.3, 0.4) is 0 Å². The van der Waals surface area contributed by atoms with E-state index >= 15 is 0 Å². The molecular weight excluding hydrogens is 204 g/mol. The summed E-state index contributed by atoms with van der Waals surface area (Å²) in [6, 6.07) is 3.45. The molecule has 0 radical (unpaired) electrons. The van der Waals surface area contributed by atoms with E-state index in [4.69, 9.17) is 0 Å². The first-order valence-corrected chi connectivity index (χ1v) is 5.36. The summed E-state index contributed by atoms with van der Waals surface area (Å²) in [5.74, 6) is 0.584. The fourth-order valence-electron chi connectivity index (χ4n) is 1.63. The molecule has 0 aliphatic heterocycles. The van der Waals surface area contributed by atoms with Crippen LogP contribution in [0.1, 0.15) is 13.8 Å². The zero-order valence-electron chi connectivity index (χ0n) is 9.40. The topological polar surface area (TPSA) is 61.9 Å². The highest BCUT2D eigenvalue weighted by molar-refractivity contribution is 5.74. The van der Waals surface area contributed by atoms with E-state index in [2.05, 4.69) is 15.0 Å². The van der Waals surface area contributed by atoms with Gasteiger partial charge in [-0.05, 0) is 26.0 Å². The lowest BCUT2D eigenvalue weighted by molar-refractivity contribution is 0.821. The van der Waals surface area contributed by atoms with E-state index in [1.54, 1.807) is 18.3 Å². The summed E-state index contributed by atoms with van der Waals surface area (Å²) in [6.07, 6.45) is 1.64. The number of hydrogen-bond acceptors (Lipinski definition) is 4. The van der Waals surface area contributed by atoms with E-state index < -0.39 is 0 Å². The maximum atomic E-state index is 11.8. The first kappa shape index (κ1) is 10.6. The van der Waals surface area contributed by atoms with Crippen LogP contribution in [0.25, 0.3) is 11.0 Å². The predicted octanol–water partition coefficient (Wildman–Crippen LogP) is 1.16. The normalized spacial score (nSPS) is 10.6. The second kappa shape index (κ2) is 4.30. The first-order valence-electron chi connectivity index (χ1n) is 5.36. The van der Waals surface area contributed by atoms with Gasteiger partial charge in [0.25, 0.3) is 5.56 Å². The van der Waals surface area contributed by atoms with Crippen molar-refractivity contribution in [1.82, 2.24) is 15.0 Å². The van der Waals surface area contributed by atoms with Crippen molar-refractivity contribution in [3.05, 3.63) is 28.7 Å². The molecule has 1 N–H and O–H groups in total. The van der Waals surface area contributed by atoms with Gasteiger partial charge in [0.15, 0.2) is 5.65 Å². The number of nitrogens with one attached hydrogen (secondary N) is 1. The molecule has 5 heteroatoms. The van der Waals surface area contributed by atoms with Crippen LogP contribution < -0.4 is 10.5 Å². The minimum atomic E-state index is -0.139. The molecule has 0 fully saturated rings. The van der Waals surface area contributed by atoms with Crippen LogP contribution in [-0.2, 0) is 0 Å². The summed E-state index contributed by atoms with van der Waals surface area (Å²) in [4.78, 5) is 25.0. The smallest absolute Gasteiger partial charge is 0.261 e. The number of rotatable bonds is 3. The van der Waals surface area contributed by atoms with Gasteiger partial charge in [-0.15, -0.1) is 0 Å². The minimum Gasteiger partial charge on any atom is -0.343 e. The van der Waals surface area contributed by atoms with Crippen molar-refractivity contribution in [3.63, 3.8) is 0 Å². The van der Waals surface area contributed by atoms with Crippen molar-refractivity contribution in [2.24, 2.45) is 0 Å². The Morgan fingerprint density at radius 3 is 2.81 bits per heavy atom. The summed E-state index contributed by atoms with van der Waals surface area (Å²) >= 11 is 0. The van der Waals surface area contributed by atoms with E-state index in [9.17, 15) is 4.79 Å². The molecular formula is C11H14N4O. The number of pyridine rings is 1. The van der Waals surface area contributed by atoms with Gasteiger partial charge in [-0.25, -0.2) is 4.98 Å². The van der Waals surface area contributed by atoms with Crippen molar-refractivity contribution in [2.75, 3.05) is 18.0 Å². The third-order valence-electron chi connectivity index (χ3n) is 2.53. The third kappa shape index (κ3) is 1.76. The van der Waals surface area contributed by atoms with Gasteiger partial charge in [-0.1, -0.05) is 0 Å². The molecule has 2 rings (SSSR count). The molecule has 0 atom stereocenters. The van der Waals surface area contributed by atoms with Crippen molar-refractivity contribution in [1.29, 1.82) is 0 Å². The highest BCUT2D eigenvalue weighted by Gasteiger charge is 2.08. The summed E-state index contributed by atoms with van der Waals surface area (Å²) in [5, 5.41) is 0.526. The predicted molar refractivity (Wildman–Crippen MR) is 63.7 cm³/mol. The molecule has 84 valence electrons. The average Bonchev–Trinajstić information content (AvgIpc) is 2.31. The maximum absolute atomic E-state index is 11.8. The van der Waals surface area contributed by atoms with Crippen molar-refractivity contribution < 1.29 is 0 Å². The highest BCUT2D eigenvalue weighted by atomic mass is 16.1. The molecule has 0 aliphatic carbocycles. The largest absolute Gasteiger partial charge is 0.343 e. The molecule has 0 saturated heterocycles. The molecule has 0 amide bonds. The second-order valence-electron chi connectivity index (χ2n) is 3.44. The molecule has 0 spiro atoms. The Balaban J connectivity index is 2.62. The summed E-state index contributed by atoms with van der Waals surface area (Å²) in [6.45, 7) is 5.65. The Bertz CT molecular complexity index is 545. The lowest BCUT2D eigenvalue weighted by Crippen LogP contribution is -2.27. The maximum Gasteiger partial charge on any atom is 0.261 e. The molecule has 2 heterocycles. The monoisotopic (exact) mass is 218 g/mol. The number of aromatic nitrogens is 3. The number of aromatic amines is 1. The van der Waals surface area contributed by atoms with Gasteiger partial charge >= 0.3 is 0 Å². The van der Waals surface area contributed by atoms with Gasteiger partial charge in [0.1, 0.15) is 0 Å². The number of hydrogen-bond donors (Lipinski definition) is 1. The van der Waals surface area contributed by atoms with Gasteiger partial charge in [0.2, 0.25) is 5.95 Å². The molecule has 0 aromatic carbocycles. The molecule has 0 aliphatic rings. The van der Waals surface area contributed by atoms with Crippen LogP contribution in [0.2, 0.25) is 0 Å². The Kier molecular flexibility index (Phi) is 2.85. The van der Waals surface area contributed by atoms with Crippen LogP contribution in [0, 0.1) is 0 Å². The van der Waals surface area contributed by atoms with Gasteiger partial charge in [-0.2, -0.15) is 4.98 Å². The molecule has 0 unspecified atom stereocenters. The Hall–Kier alpha value is -1.91. The Morgan fingerprint density at radius 1 is 1.38 bits per heavy atom. The van der Waals surface area contributed by atoms with Crippen molar-refractivity contribution >= 4 is 17.0 Å². The average molecular weight is 218 g/mol. The van der Waals surface area contributed by atoms with Crippen molar-refractivity contribution in [2.45, 2.75) is 13.8 Å². The molecule has 2 aromatic heterocycles. The molecule has 0 saturated carbocycles. The summed E-state index contributed by atoms with van der Waals surface area (Å²) in [5.41, 5.74) is 0.355. The van der Waals surface area contributed by atoms with E-state index in [-0.39, 0.29) is 5.56 Å². The molecule has 0 bridgehead atoms. The zero-order valence-corrected chi connectivity index (χ0v) is 9.40. The number of H-pyrrole nitrogens is 1. The quantitative estimate of drug-likeness (QED) is 0.839. The minimum absolute atomic E-state index is 0.139. The molecule has 2 aromatic rings. The lowest BCUT2D eigenvalue weighted by atomic mass is 10.3. The SMILES string of the molecule is CCN(CC)c1nc2ncccc2c(=O)[nH]1. The number of anilines is 1. The Labute approximate surface area is 93.2 Å². The fraction of sp³-hybridized carbons (Fsp3) is 0.364. The van der Waals surface area contributed by atoms with Gasteiger partial charge < -0.3 is 4.90 Å². The van der Waals surface area contributed by atoms with Gasteiger partial charge in [0.05, 0.1) is 5.39 Å². The first-order chi connectivity index (χ1) is 7.76. The molecule has 5 nitrogen and oxygen atoms in total. The van der Waals surface area contributed by atoms with Gasteiger partial charge in [0, 0.05) is 19.3 Å². The zero-order chi connectivity index (χ0) is 11.5. The molecule has 16 heavy (non-hydrogen) atoms. The van der Waals surface area contributed by atoms with Crippen molar-refractivity contribution in [3.8, 4) is 0 Å². The van der Waals surface area contributed by atoms with Gasteiger partial charge in [-0.3, -0.25) is 9.78 Å². The van der Waals surface area contributed by atoms with Crippen LogP contribution in [0.5, 0.6) is 0 Å². The highest BCUT2D eigenvalue weighted by Crippen LogP contribution is 2.08. The van der Waals surface area contributed by atoms with Crippen LogP contribution >= 0.6 is 0 Å². The summed E-state index contributed by atoms with van der Waals surface area (Å²) in [7, 11) is 0. The third-order valence-corrected chi connectivity index (χ3v) is 2.53. The fourth-order valence-corrected chi connectivity index (χ4v) is 1.63. The Morgan fingerprint density at radius 2 is 2.12 bits per heavy atom. The van der Waals surface area contributed by atoms with Crippen LogP contribution in [0.4, 0.5) is 5.95 Å². The van der Waals surface area contributed by atoms with E-state index in [1.807, 2.05) is 18.7 Å². The van der Waals surface area contributed by atoms with Crippen LogP contribution in [0.15, 0.2) is 23.1 Å². The second-order valence-corrected chi connectivity index (χ2v) is 3.44. The van der Waals surface area contributed by atoms with E-state index in [1.165, 1.54) is 0 Å². The number of nitrogens with zero attached hydrogens (tertiary/aromatic N) is 3. The lowest BCUT2D eigenvalue weighted by Gasteiger charge is -2.18. The standard InChI is InChI=1S/C11H14N4O/c1-3-15(4-2)11-13-9-8(10(16)14-11)6-5-7-12-9/h5-7H,3-4H2,1-2H3,(H,12,13,14,16). The van der Waals surface area contributed by atoms with E-state index in [0.29, 0.717) is 17.0 Å². The van der Waals surface area contributed by atoms with E-state index in [0.717, 1.165) is 13.1 Å². The summed E-state index contributed by atoms with van der Waals surface area (Å²) < 4.78 is 0. The van der Waals surface area contributed by atoms with Crippen LogP contribution in [-0.4, -0.2) is 28.0 Å². The number of fused-ring (bicyclic) bond motifs is 1.